The molecule has 0 spiro atoms. The normalized spacial score (nSPS) is 18.4. The number of anilines is 2. The van der Waals surface area contributed by atoms with Crippen molar-refractivity contribution in [1.82, 2.24) is 0 Å². The van der Waals surface area contributed by atoms with Gasteiger partial charge in [-0.1, -0.05) is 18.6 Å². The van der Waals surface area contributed by atoms with E-state index in [4.69, 9.17) is 10.5 Å². The summed E-state index contributed by atoms with van der Waals surface area (Å²) in [4.78, 5) is 25.2. The van der Waals surface area contributed by atoms with E-state index in [1.54, 1.807) is 48.5 Å². The fourth-order valence-electron chi connectivity index (χ4n) is 3.49. The minimum absolute atomic E-state index is 0.126. The fourth-order valence-corrected chi connectivity index (χ4v) is 3.49. The highest BCUT2D eigenvalue weighted by atomic mass is 16.2. The average Bonchev–Trinajstić information content (AvgIpc) is 2.74. The minimum Gasteiger partial charge on any atom is -0.326 e. The van der Waals surface area contributed by atoms with E-state index in [9.17, 15) is 9.59 Å². The highest BCUT2D eigenvalue weighted by Gasteiger charge is 2.31. The van der Waals surface area contributed by atoms with E-state index in [1.165, 1.54) is 0 Å². The lowest BCUT2D eigenvalue weighted by Gasteiger charge is -2.27. The van der Waals surface area contributed by atoms with E-state index in [2.05, 4.69) is 10.6 Å². The van der Waals surface area contributed by atoms with Crippen LogP contribution in [-0.2, 0) is 9.59 Å². The Balaban J connectivity index is 1.61. The van der Waals surface area contributed by atoms with E-state index in [1.807, 2.05) is 12.1 Å². The maximum atomic E-state index is 12.6. The second-order valence-electron chi connectivity index (χ2n) is 6.92. The maximum absolute atomic E-state index is 12.6. The Morgan fingerprint density at radius 2 is 1.29 bits per heavy atom. The average molecular weight is 372 g/mol. The molecular formula is C22H20N4O2. The van der Waals surface area contributed by atoms with E-state index in [0.717, 1.165) is 19.3 Å². The molecule has 6 heteroatoms. The largest absolute Gasteiger partial charge is 0.326 e. The SMILES string of the molecule is N#Cc1cccc(NC(=O)[C@@H]2CCC[C@@H](C(=O)Nc3cccc(C#N)c3)C2)c1. The molecule has 140 valence electrons. The number of hydrogen-bond acceptors (Lipinski definition) is 4. The van der Waals surface area contributed by atoms with Crippen LogP contribution in [0.2, 0.25) is 0 Å². The lowest BCUT2D eigenvalue weighted by Crippen LogP contribution is -2.33. The molecule has 2 aromatic carbocycles. The van der Waals surface area contributed by atoms with Crippen LogP contribution in [0.25, 0.3) is 0 Å². The van der Waals surface area contributed by atoms with Gasteiger partial charge < -0.3 is 10.6 Å². The highest BCUT2D eigenvalue weighted by molar-refractivity contribution is 5.95. The summed E-state index contributed by atoms with van der Waals surface area (Å²) in [7, 11) is 0. The van der Waals surface area contributed by atoms with Crippen molar-refractivity contribution >= 4 is 23.2 Å². The molecule has 0 aliphatic heterocycles. The number of benzene rings is 2. The summed E-state index contributed by atoms with van der Waals surface area (Å²) in [6, 6.07) is 17.7. The van der Waals surface area contributed by atoms with E-state index in [-0.39, 0.29) is 23.7 Å². The molecule has 2 amide bonds. The van der Waals surface area contributed by atoms with Crippen LogP contribution in [0, 0.1) is 34.5 Å². The Labute approximate surface area is 163 Å². The molecule has 0 aromatic heterocycles. The summed E-state index contributed by atoms with van der Waals surface area (Å²) in [5.41, 5.74) is 2.14. The van der Waals surface area contributed by atoms with Gasteiger partial charge in [0, 0.05) is 23.2 Å². The van der Waals surface area contributed by atoms with Gasteiger partial charge in [-0.15, -0.1) is 0 Å². The van der Waals surface area contributed by atoms with Crippen LogP contribution in [0.3, 0.4) is 0 Å². The molecule has 0 bridgehead atoms. The molecule has 2 N–H and O–H groups in total. The van der Waals surface area contributed by atoms with Crippen LogP contribution in [0.1, 0.15) is 36.8 Å². The van der Waals surface area contributed by atoms with Crippen molar-refractivity contribution in [3.05, 3.63) is 59.7 Å². The predicted octanol–water partition coefficient (Wildman–Crippen LogP) is 3.81. The van der Waals surface area contributed by atoms with Gasteiger partial charge in [-0.2, -0.15) is 10.5 Å². The molecule has 0 unspecified atom stereocenters. The highest BCUT2D eigenvalue weighted by Crippen LogP contribution is 2.31. The summed E-state index contributed by atoms with van der Waals surface area (Å²) in [5, 5.41) is 23.6. The van der Waals surface area contributed by atoms with Gasteiger partial charge in [0.05, 0.1) is 23.3 Å². The van der Waals surface area contributed by atoms with E-state index >= 15 is 0 Å². The van der Waals surface area contributed by atoms with Crippen LogP contribution in [0.15, 0.2) is 48.5 Å². The van der Waals surface area contributed by atoms with Gasteiger partial charge in [-0.25, -0.2) is 0 Å². The van der Waals surface area contributed by atoms with Crippen molar-refractivity contribution in [3.63, 3.8) is 0 Å². The van der Waals surface area contributed by atoms with Crippen molar-refractivity contribution in [2.45, 2.75) is 25.7 Å². The Morgan fingerprint density at radius 3 is 1.71 bits per heavy atom. The molecule has 1 aliphatic carbocycles. The number of amides is 2. The van der Waals surface area contributed by atoms with Crippen LogP contribution < -0.4 is 10.6 Å². The molecule has 0 heterocycles. The van der Waals surface area contributed by atoms with Crippen LogP contribution >= 0.6 is 0 Å². The second kappa shape index (κ2) is 8.83. The number of nitrogens with zero attached hydrogens (tertiary/aromatic N) is 2. The lowest BCUT2D eigenvalue weighted by atomic mass is 9.80. The van der Waals surface area contributed by atoms with Gasteiger partial charge in [0.1, 0.15) is 0 Å². The molecule has 6 nitrogen and oxygen atoms in total. The van der Waals surface area contributed by atoms with Gasteiger partial charge in [0.15, 0.2) is 0 Å². The third-order valence-corrected chi connectivity index (χ3v) is 4.93. The van der Waals surface area contributed by atoms with Crippen molar-refractivity contribution in [3.8, 4) is 12.1 Å². The van der Waals surface area contributed by atoms with E-state index < -0.39 is 0 Å². The summed E-state index contributed by atoms with van der Waals surface area (Å²) in [5.74, 6) is -0.750. The van der Waals surface area contributed by atoms with Gasteiger partial charge in [-0.05, 0) is 55.7 Å². The number of carbonyl (C=O) groups excluding carboxylic acids is 2. The molecule has 0 saturated heterocycles. The lowest BCUT2D eigenvalue weighted by molar-refractivity contribution is -0.124. The summed E-state index contributed by atoms with van der Waals surface area (Å²) < 4.78 is 0. The first-order valence-electron chi connectivity index (χ1n) is 9.21. The van der Waals surface area contributed by atoms with Crippen LogP contribution in [0.4, 0.5) is 11.4 Å². The molecule has 1 aliphatic rings. The summed E-state index contributed by atoms with van der Waals surface area (Å²) in [6.07, 6.45) is 2.75. The molecule has 0 radical (unpaired) electrons. The molecule has 28 heavy (non-hydrogen) atoms. The number of nitriles is 2. The molecule has 3 rings (SSSR count). The zero-order valence-corrected chi connectivity index (χ0v) is 15.3. The van der Waals surface area contributed by atoms with Crippen molar-refractivity contribution in [2.24, 2.45) is 11.8 Å². The number of nitrogens with one attached hydrogen (secondary N) is 2. The topological polar surface area (TPSA) is 106 Å². The van der Waals surface area contributed by atoms with Crippen molar-refractivity contribution < 1.29 is 9.59 Å². The smallest absolute Gasteiger partial charge is 0.227 e. The first-order valence-corrected chi connectivity index (χ1v) is 9.21. The Bertz CT molecular complexity index is 893. The van der Waals surface area contributed by atoms with Crippen molar-refractivity contribution in [2.75, 3.05) is 10.6 Å². The fraction of sp³-hybridized carbons (Fsp3) is 0.273. The Morgan fingerprint density at radius 1 is 0.821 bits per heavy atom. The van der Waals surface area contributed by atoms with Gasteiger partial charge >= 0.3 is 0 Å². The molecule has 2 atom stereocenters. The third-order valence-electron chi connectivity index (χ3n) is 4.93. The number of rotatable bonds is 4. The van der Waals surface area contributed by atoms with Gasteiger partial charge in [0.2, 0.25) is 11.8 Å². The Hall–Kier alpha value is -3.64. The second-order valence-corrected chi connectivity index (χ2v) is 6.92. The van der Waals surface area contributed by atoms with Gasteiger partial charge in [-0.3, -0.25) is 9.59 Å². The quantitative estimate of drug-likeness (QED) is 0.851. The minimum atomic E-state index is -0.249. The standard InChI is InChI=1S/C22H20N4O2/c23-13-15-4-1-8-19(10-15)25-21(27)17-6-3-7-18(12-17)22(28)26-20-9-2-5-16(11-20)14-24/h1-2,4-5,8-11,17-18H,3,6-7,12H2,(H,25,27)(H,26,28)/t17-,18-/m1/s1. The zero-order valence-electron chi connectivity index (χ0n) is 15.3. The molecular weight excluding hydrogens is 352 g/mol. The van der Waals surface area contributed by atoms with E-state index in [0.29, 0.717) is 28.9 Å². The van der Waals surface area contributed by atoms with Crippen molar-refractivity contribution in [1.29, 1.82) is 10.5 Å². The maximum Gasteiger partial charge on any atom is 0.227 e. The number of hydrogen-bond donors (Lipinski definition) is 2. The number of carbonyl (C=O) groups is 2. The predicted molar refractivity (Wildman–Crippen MR) is 105 cm³/mol. The molecule has 2 aromatic rings. The Kier molecular flexibility index (Phi) is 6.04. The third kappa shape index (κ3) is 4.75. The molecule has 1 saturated carbocycles. The first-order chi connectivity index (χ1) is 13.6. The zero-order chi connectivity index (χ0) is 19.9. The summed E-state index contributed by atoms with van der Waals surface area (Å²) in [6.45, 7) is 0. The first kappa shape index (κ1) is 19.1. The van der Waals surface area contributed by atoms with Crippen LogP contribution in [-0.4, -0.2) is 11.8 Å². The summed E-state index contributed by atoms with van der Waals surface area (Å²) >= 11 is 0. The monoisotopic (exact) mass is 372 g/mol. The van der Waals surface area contributed by atoms with Crippen LogP contribution in [0.5, 0.6) is 0 Å². The van der Waals surface area contributed by atoms with Gasteiger partial charge in [0.25, 0.3) is 0 Å². The molecule has 1 fully saturated rings.